The average Bonchev–Trinajstić information content (AvgIpc) is 2.66. The van der Waals surface area contributed by atoms with Crippen molar-refractivity contribution >= 4 is 11.9 Å². The summed E-state index contributed by atoms with van der Waals surface area (Å²) in [7, 11) is 3.52. The second kappa shape index (κ2) is 11.1. The minimum Gasteiger partial charge on any atom is -0.356 e. The fourth-order valence-corrected chi connectivity index (χ4v) is 3.20. The lowest BCUT2D eigenvalue weighted by atomic mass is 10.0. The second-order valence-electron chi connectivity index (χ2n) is 8.35. The summed E-state index contributed by atoms with van der Waals surface area (Å²) in [5, 5.41) is 6.92. The van der Waals surface area contributed by atoms with Crippen LogP contribution in [0.3, 0.4) is 0 Å². The molecule has 1 heterocycles. The maximum Gasteiger partial charge on any atom is 0.243 e. The van der Waals surface area contributed by atoms with E-state index in [1.165, 1.54) is 11.1 Å². The standard InChI is InChI=1S/C22H37N5O/c1-17(2)14-23-22(24-15-21(28)26(4)5)25-20-10-12-27(13-11-20)16-19-9-7-6-8-18(19)3/h6-9,17,20H,10-16H2,1-5H3,(H2,23,24,25). The van der Waals surface area contributed by atoms with Gasteiger partial charge in [0, 0.05) is 46.3 Å². The monoisotopic (exact) mass is 387 g/mol. The first kappa shape index (κ1) is 22.2. The predicted molar refractivity (Wildman–Crippen MR) is 116 cm³/mol. The number of piperidine rings is 1. The summed E-state index contributed by atoms with van der Waals surface area (Å²) in [5.74, 6) is 1.28. The third kappa shape index (κ3) is 7.50. The number of carbonyl (C=O) groups is 1. The van der Waals surface area contributed by atoms with Crippen LogP contribution < -0.4 is 10.6 Å². The van der Waals surface area contributed by atoms with Crippen LogP contribution in [0, 0.1) is 12.8 Å². The minimum absolute atomic E-state index is 0.0127. The number of amides is 1. The number of hydrogen-bond donors (Lipinski definition) is 2. The van der Waals surface area contributed by atoms with E-state index in [2.05, 4.69) is 65.6 Å². The zero-order valence-electron chi connectivity index (χ0n) is 18.2. The van der Waals surface area contributed by atoms with E-state index in [-0.39, 0.29) is 12.5 Å². The number of guanidine groups is 1. The van der Waals surface area contributed by atoms with Crippen LogP contribution in [0.2, 0.25) is 0 Å². The summed E-state index contributed by atoms with van der Waals surface area (Å²) in [6.45, 7) is 10.7. The summed E-state index contributed by atoms with van der Waals surface area (Å²) in [6.07, 6.45) is 2.16. The van der Waals surface area contributed by atoms with E-state index >= 15 is 0 Å². The number of hydrogen-bond acceptors (Lipinski definition) is 3. The summed E-state index contributed by atoms with van der Waals surface area (Å²) in [4.78, 5) is 20.5. The molecule has 0 atom stereocenters. The molecular formula is C22H37N5O. The van der Waals surface area contributed by atoms with E-state index in [1.807, 2.05) is 0 Å². The molecule has 6 nitrogen and oxygen atoms in total. The highest BCUT2D eigenvalue weighted by Crippen LogP contribution is 2.16. The zero-order valence-corrected chi connectivity index (χ0v) is 18.2. The fraction of sp³-hybridized carbons (Fsp3) is 0.636. The van der Waals surface area contributed by atoms with Crippen molar-refractivity contribution in [1.82, 2.24) is 20.4 Å². The van der Waals surface area contributed by atoms with Crippen LogP contribution in [0.1, 0.15) is 37.8 Å². The smallest absolute Gasteiger partial charge is 0.243 e. The molecular weight excluding hydrogens is 350 g/mol. The van der Waals surface area contributed by atoms with Crippen molar-refractivity contribution in [1.29, 1.82) is 0 Å². The van der Waals surface area contributed by atoms with Gasteiger partial charge in [0.05, 0.1) is 0 Å². The molecule has 1 aliphatic rings. The number of nitrogens with zero attached hydrogens (tertiary/aromatic N) is 3. The molecule has 28 heavy (non-hydrogen) atoms. The predicted octanol–water partition coefficient (Wildman–Crippen LogP) is 2.24. The van der Waals surface area contributed by atoms with E-state index in [1.54, 1.807) is 19.0 Å². The van der Waals surface area contributed by atoms with Crippen LogP contribution in [0.15, 0.2) is 29.3 Å². The first-order chi connectivity index (χ1) is 13.3. The third-order valence-corrected chi connectivity index (χ3v) is 5.13. The number of carbonyl (C=O) groups excluding carboxylic acids is 1. The van der Waals surface area contributed by atoms with Gasteiger partial charge in [0.25, 0.3) is 0 Å². The van der Waals surface area contributed by atoms with Gasteiger partial charge in [-0.1, -0.05) is 38.1 Å². The average molecular weight is 388 g/mol. The molecule has 0 saturated carbocycles. The summed E-state index contributed by atoms with van der Waals surface area (Å²) >= 11 is 0. The van der Waals surface area contributed by atoms with Gasteiger partial charge in [-0.3, -0.25) is 9.69 Å². The highest BCUT2D eigenvalue weighted by atomic mass is 16.2. The number of nitrogens with one attached hydrogen (secondary N) is 2. The summed E-state index contributed by atoms with van der Waals surface area (Å²) in [5.41, 5.74) is 2.78. The number of likely N-dealkylation sites (tertiary alicyclic amines) is 1. The van der Waals surface area contributed by atoms with E-state index in [4.69, 9.17) is 0 Å². The lowest BCUT2D eigenvalue weighted by Crippen LogP contribution is -2.49. The molecule has 0 spiro atoms. The van der Waals surface area contributed by atoms with E-state index in [9.17, 15) is 4.79 Å². The van der Waals surface area contributed by atoms with Crippen molar-refractivity contribution in [2.45, 2.75) is 46.2 Å². The van der Waals surface area contributed by atoms with Gasteiger partial charge in [-0.15, -0.1) is 0 Å². The van der Waals surface area contributed by atoms with Crippen LogP contribution in [0.25, 0.3) is 0 Å². The number of likely N-dealkylation sites (N-methyl/N-ethyl adjacent to an activating group) is 1. The number of benzene rings is 1. The minimum atomic E-state index is 0.0127. The molecule has 0 radical (unpaired) electrons. The largest absolute Gasteiger partial charge is 0.356 e. The highest BCUT2D eigenvalue weighted by molar-refractivity contribution is 5.84. The number of aliphatic imine (C=N–C) groups is 1. The lowest BCUT2D eigenvalue weighted by molar-refractivity contribution is -0.127. The Morgan fingerprint density at radius 2 is 1.93 bits per heavy atom. The van der Waals surface area contributed by atoms with Gasteiger partial charge in [0.15, 0.2) is 5.96 Å². The Morgan fingerprint density at radius 3 is 2.54 bits per heavy atom. The quantitative estimate of drug-likeness (QED) is 0.556. The van der Waals surface area contributed by atoms with Gasteiger partial charge in [-0.25, -0.2) is 4.99 Å². The first-order valence-electron chi connectivity index (χ1n) is 10.4. The molecule has 1 aliphatic heterocycles. The fourth-order valence-electron chi connectivity index (χ4n) is 3.20. The van der Waals surface area contributed by atoms with Crippen molar-refractivity contribution in [3.05, 3.63) is 35.4 Å². The van der Waals surface area contributed by atoms with E-state index in [0.29, 0.717) is 12.0 Å². The van der Waals surface area contributed by atoms with Crippen LogP contribution >= 0.6 is 0 Å². The van der Waals surface area contributed by atoms with Crippen molar-refractivity contribution in [2.75, 3.05) is 40.3 Å². The van der Waals surface area contributed by atoms with Crippen LogP contribution in [-0.4, -0.2) is 68.0 Å². The van der Waals surface area contributed by atoms with Crippen LogP contribution in [-0.2, 0) is 11.3 Å². The summed E-state index contributed by atoms with van der Waals surface area (Å²) < 4.78 is 0. The highest BCUT2D eigenvalue weighted by Gasteiger charge is 2.20. The number of aryl methyl sites for hydroxylation is 1. The van der Waals surface area contributed by atoms with Gasteiger partial charge >= 0.3 is 0 Å². The molecule has 156 valence electrons. The lowest BCUT2D eigenvalue weighted by Gasteiger charge is -2.33. The molecule has 0 bridgehead atoms. The van der Waals surface area contributed by atoms with Gasteiger partial charge in [0.1, 0.15) is 6.54 Å². The molecule has 0 aromatic heterocycles. The van der Waals surface area contributed by atoms with Crippen LogP contribution in [0.5, 0.6) is 0 Å². The molecule has 1 aromatic rings. The molecule has 1 saturated heterocycles. The first-order valence-corrected chi connectivity index (χ1v) is 10.4. The molecule has 1 amide bonds. The van der Waals surface area contributed by atoms with Crippen molar-refractivity contribution in [2.24, 2.45) is 10.9 Å². The summed E-state index contributed by atoms with van der Waals surface area (Å²) in [6, 6.07) is 9.01. The Labute approximate surface area is 170 Å². The molecule has 1 aromatic carbocycles. The normalized spacial score (nSPS) is 16.3. The zero-order chi connectivity index (χ0) is 20.5. The van der Waals surface area contributed by atoms with Crippen molar-refractivity contribution in [3.63, 3.8) is 0 Å². The maximum atomic E-state index is 11.9. The SMILES string of the molecule is Cc1ccccc1CN1CCC(NC(=NCC(=O)N(C)C)NCC(C)C)CC1. The third-order valence-electron chi connectivity index (χ3n) is 5.13. The number of rotatable bonds is 7. The van der Waals surface area contributed by atoms with E-state index in [0.717, 1.165) is 45.0 Å². The molecule has 0 aliphatic carbocycles. The Morgan fingerprint density at radius 1 is 1.25 bits per heavy atom. The Bertz CT molecular complexity index is 648. The topological polar surface area (TPSA) is 60.0 Å². The Kier molecular flexibility index (Phi) is 8.77. The van der Waals surface area contributed by atoms with Crippen LogP contribution in [0.4, 0.5) is 0 Å². The maximum absolute atomic E-state index is 11.9. The molecule has 2 rings (SSSR count). The Hall–Kier alpha value is -2.08. The molecule has 2 N–H and O–H groups in total. The van der Waals surface area contributed by atoms with Gasteiger partial charge in [-0.05, 0) is 36.8 Å². The van der Waals surface area contributed by atoms with E-state index < -0.39 is 0 Å². The van der Waals surface area contributed by atoms with Crippen molar-refractivity contribution < 1.29 is 4.79 Å². The van der Waals surface area contributed by atoms with Crippen molar-refractivity contribution in [3.8, 4) is 0 Å². The second-order valence-corrected chi connectivity index (χ2v) is 8.35. The molecule has 0 unspecified atom stereocenters. The van der Waals surface area contributed by atoms with Gasteiger partial charge < -0.3 is 15.5 Å². The Balaban J connectivity index is 1.86. The van der Waals surface area contributed by atoms with Gasteiger partial charge in [0.2, 0.25) is 5.91 Å². The molecule has 6 heteroatoms. The van der Waals surface area contributed by atoms with Gasteiger partial charge in [-0.2, -0.15) is 0 Å². The molecule has 1 fully saturated rings.